The van der Waals surface area contributed by atoms with Crippen LogP contribution in [0.3, 0.4) is 0 Å². The average Bonchev–Trinajstić information content (AvgIpc) is 3.38. The first-order valence-electron chi connectivity index (χ1n) is 11.2. The molecule has 2 aliphatic rings. The summed E-state index contributed by atoms with van der Waals surface area (Å²) in [6.45, 7) is 1.01. The summed E-state index contributed by atoms with van der Waals surface area (Å²) < 4.78 is 0. The van der Waals surface area contributed by atoms with Crippen molar-refractivity contribution >= 4 is 39.9 Å². The van der Waals surface area contributed by atoms with Crippen LogP contribution in [-0.4, -0.2) is 46.2 Å². The quantitative estimate of drug-likeness (QED) is 0.479. The summed E-state index contributed by atoms with van der Waals surface area (Å²) in [7, 11) is 0. The van der Waals surface area contributed by atoms with Crippen LogP contribution in [0.1, 0.15) is 21.5 Å². The third-order valence-electron chi connectivity index (χ3n) is 6.77. The fourth-order valence-corrected chi connectivity index (χ4v) is 5.45. The Morgan fingerprint density at radius 2 is 1.82 bits per heavy atom. The monoisotopic (exact) mass is 468 g/mol. The lowest BCUT2D eigenvalue weighted by atomic mass is 9.90. The van der Waals surface area contributed by atoms with E-state index in [2.05, 4.69) is 10.3 Å². The predicted molar refractivity (Wildman–Crippen MR) is 132 cm³/mol. The third kappa shape index (κ3) is 2.92. The number of benzene rings is 3. The van der Waals surface area contributed by atoms with Gasteiger partial charge in [0.05, 0.1) is 6.54 Å². The topological polar surface area (TPSA) is 65.5 Å². The zero-order chi connectivity index (χ0) is 23.3. The highest BCUT2D eigenvalue weighted by atomic mass is 35.5. The molecule has 1 atom stereocenters. The standard InChI is InChI=1S/C27H21ClN4O2/c28-20-10-8-19(9-11-20)27-23-6-2-1-5-22(23)26(34)32(27)15-14-31(27)25(33)17-30-24-7-3-4-18-16-29-13-12-21(18)24/h1-13,16,30H,14-15,17H2. The first-order valence-corrected chi connectivity index (χ1v) is 11.5. The summed E-state index contributed by atoms with van der Waals surface area (Å²) in [5.74, 6) is -0.150. The Hall–Kier alpha value is -3.90. The Balaban J connectivity index is 1.40. The van der Waals surface area contributed by atoms with Gasteiger partial charge in [0.2, 0.25) is 5.91 Å². The highest BCUT2D eigenvalue weighted by molar-refractivity contribution is 6.30. The number of aromatic nitrogens is 1. The van der Waals surface area contributed by atoms with Crippen molar-refractivity contribution in [1.29, 1.82) is 0 Å². The van der Waals surface area contributed by atoms with Crippen LogP contribution in [-0.2, 0) is 10.5 Å². The number of anilines is 1. The minimum Gasteiger partial charge on any atom is -0.376 e. The van der Waals surface area contributed by atoms with E-state index in [9.17, 15) is 9.59 Å². The second-order valence-electron chi connectivity index (χ2n) is 8.48. The molecule has 0 bridgehead atoms. The van der Waals surface area contributed by atoms with Gasteiger partial charge in [0.15, 0.2) is 5.66 Å². The number of carbonyl (C=O) groups is 2. The van der Waals surface area contributed by atoms with Gasteiger partial charge in [-0.05, 0) is 30.3 Å². The highest BCUT2D eigenvalue weighted by Crippen LogP contribution is 2.49. The van der Waals surface area contributed by atoms with Crippen LogP contribution < -0.4 is 5.32 Å². The van der Waals surface area contributed by atoms with Crippen LogP contribution in [0, 0.1) is 0 Å². The number of halogens is 1. The number of nitrogens with zero attached hydrogens (tertiary/aromatic N) is 3. The van der Waals surface area contributed by atoms with E-state index in [1.165, 1.54) is 0 Å². The van der Waals surface area contributed by atoms with Crippen molar-refractivity contribution in [3.63, 3.8) is 0 Å². The summed E-state index contributed by atoms with van der Waals surface area (Å²) in [5.41, 5.74) is 2.18. The molecule has 1 unspecified atom stereocenters. The van der Waals surface area contributed by atoms with E-state index in [1.54, 1.807) is 24.5 Å². The van der Waals surface area contributed by atoms with Crippen molar-refractivity contribution in [2.75, 3.05) is 25.0 Å². The molecular weight excluding hydrogens is 448 g/mol. The molecule has 168 valence electrons. The molecule has 3 aromatic carbocycles. The van der Waals surface area contributed by atoms with Gasteiger partial charge in [-0.2, -0.15) is 0 Å². The number of fused-ring (bicyclic) bond motifs is 4. The summed E-state index contributed by atoms with van der Waals surface area (Å²) in [5, 5.41) is 5.92. The van der Waals surface area contributed by atoms with Crippen molar-refractivity contribution < 1.29 is 9.59 Å². The minimum atomic E-state index is -0.986. The molecule has 6 nitrogen and oxygen atoms in total. The maximum Gasteiger partial charge on any atom is 0.256 e. The van der Waals surface area contributed by atoms with Crippen LogP contribution >= 0.6 is 11.6 Å². The fourth-order valence-electron chi connectivity index (χ4n) is 5.33. The van der Waals surface area contributed by atoms with Crippen molar-refractivity contribution in [2.24, 2.45) is 0 Å². The maximum absolute atomic E-state index is 13.7. The van der Waals surface area contributed by atoms with Gasteiger partial charge in [0.25, 0.3) is 5.91 Å². The van der Waals surface area contributed by atoms with Crippen LogP contribution in [0.4, 0.5) is 5.69 Å². The number of rotatable bonds is 4. The normalized spacial score (nSPS) is 18.8. The summed E-state index contributed by atoms with van der Waals surface area (Å²) in [4.78, 5) is 34.9. The van der Waals surface area contributed by atoms with Gasteiger partial charge in [0.1, 0.15) is 0 Å². The average molecular weight is 469 g/mol. The Kier molecular flexibility index (Phi) is 4.78. The van der Waals surface area contributed by atoms with Crippen molar-refractivity contribution in [3.05, 3.63) is 107 Å². The fraction of sp³-hybridized carbons (Fsp3) is 0.148. The lowest BCUT2D eigenvalue weighted by Crippen LogP contribution is -2.52. The lowest BCUT2D eigenvalue weighted by molar-refractivity contribution is -0.134. The van der Waals surface area contributed by atoms with E-state index in [-0.39, 0.29) is 18.4 Å². The molecule has 1 fully saturated rings. The molecule has 6 rings (SSSR count). The van der Waals surface area contributed by atoms with Crippen LogP contribution in [0.15, 0.2) is 85.2 Å². The number of pyridine rings is 1. The lowest BCUT2D eigenvalue weighted by Gasteiger charge is -2.40. The molecular formula is C27H21ClN4O2. The van der Waals surface area contributed by atoms with Gasteiger partial charge in [0, 0.05) is 63.7 Å². The van der Waals surface area contributed by atoms with Gasteiger partial charge >= 0.3 is 0 Å². The van der Waals surface area contributed by atoms with E-state index in [0.717, 1.165) is 27.6 Å². The maximum atomic E-state index is 13.7. The second-order valence-corrected chi connectivity index (χ2v) is 8.92. The molecule has 2 aliphatic heterocycles. The van der Waals surface area contributed by atoms with E-state index in [4.69, 9.17) is 11.6 Å². The van der Waals surface area contributed by atoms with Crippen molar-refractivity contribution in [3.8, 4) is 0 Å². The van der Waals surface area contributed by atoms with Gasteiger partial charge in [-0.1, -0.05) is 54.1 Å². The van der Waals surface area contributed by atoms with Crippen LogP contribution in [0.2, 0.25) is 5.02 Å². The smallest absolute Gasteiger partial charge is 0.256 e. The molecule has 0 spiro atoms. The minimum absolute atomic E-state index is 0.0598. The molecule has 7 heteroatoms. The van der Waals surface area contributed by atoms with Gasteiger partial charge < -0.3 is 15.1 Å². The van der Waals surface area contributed by atoms with Crippen LogP contribution in [0.5, 0.6) is 0 Å². The second kappa shape index (κ2) is 7.85. The Morgan fingerprint density at radius 1 is 1.00 bits per heavy atom. The summed E-state index contributed by atoms with van der Waals surface area (Å²) in [6.07, 6.45) is 3.54. The Labute approximate surface area is 201 Å². The largest absolute Gasteiger partial charge is 0.376 e. The SMILES string of the molecule is O=C(CNc1cccc2cnccc12)N1CCN2C(=O)c3ccccc3C12c1ccc(Cl)cc1. The Bertz CT molecular complexity index is 1430. The molecule has 0 radical (unpaired) electrons. The first kappa shape index (κ1) is 20.7. The van der Waals surface area contributed by atoms with E-state index >= 15 is 0 Å². The first-order chi connectivity index (χ1) is 16.6. The number of hydrogen-bond donors (Lipinski definition) is 1. The van der Waals surface area contributed by atoms with Crippen LogP contribution in [0.25, 0.3) is 10.8 Å². The molecule has 0 saturated carbocycles. The zero-order valence-corrected chi connectivity index (χ0v) is 19.0. The van der Waals surface area contributed by atoms with Gasteiger partial charge in [-0.15, -0.1) is 0 Å². The summed E-state index contributed by atoms with van der Waals surface area (Å²) in [6, 6.07) is 22.8. The van der Waals surface area contributed by atoms with Gasteiger partial charge in [-0.25, -0.2) is 0 Å². The number of hydrogen-bond acceptors (Lipinski definition) is 4. The van der Waals surface area contributed by atoms with Crippen molar-refractivity contribution in [2.45, 2.75) is 5.66 Å². The Morgan fingerprint density at radius 3 is 2.68 bits per heavy atom. The predicted octanol–water partition coefficient (Wildman–Crippen LogP) is 4.50. The van der Waals surface area contributed by atoms with Gasteiger partial charge in [-0.3, -0.25) is 14.6 Å². The molecule has 34 heavy (non-hydrogen) atoms. The molecule has 1 saturated heterocycles. The number of nitrogens with one attached hydrogen (secondary N) is 1. The van der Waals surface area contributed by atoms with Crippen molar-refractivity contribution in [1.82, 2.24) is 14.8 Å². The number of carbonyl (C=O) groups excluding carboxylic acids is 2. The third-order valence-corrected chi connectivity index (χ3v) is 7.02. The summed E-state index contributed by atoms with van der Waals surface area (Å²) >= 11 is 6.18. The van der Waals surface area contributed by atoms with E-state index < -0.39 is 5.66 Å². The zero-order valence-electron chi connectivity index (χ0n) is 18.2. The number of amides is 2. The van der Waals surface area contributed by atoms with E-state index in [1.807, 2.05) is 70.5 Å². The highest BCUT2D eigenvalue weighted by Gasteiger charge is 2.59. The molecule has 2 amide bonds. The van der Waals surface area contributed by atoms with E-state index in [0.29, 0.717) is 23.7 Å². The molecule has 1 aromatic heterocycles. The molecule has 0 aliphatic carbocycles. The molecule has 4 aromatic rings. The molecule has 1 N–H and O–H groups in total. The molecule has 3 heterocycles.